The largest absolute Gasteiger partial charge is 0.357 e. The maximum atomic E-state index is 12.8. The van der Waals surface area contributed by atoms with Crippen LogP contribution >= 0.6 is 0 Å². The Morgan fingerprint density at radius 2 is 2.10 bits per heavy atom. The van der Waals surface area contributed by atoms with Crippen LogP contribution in [-0.4, -0.2) is 38.1 Å². The predicted octanol–water partition coefficient (Wildman–Crippen LogP) is 3.31. The molecule has 1 aromatic rings. The third-order valence-corrected chi connectivity index (χ3v) is 7.84. The number of fused-ring (bicyclic) bond motifs is 5. The molecular weight excluding hydrogens is 392 g/mol. The number of benzene rings is 1. The van der Waals surface area contributed by atoms with E-state index in [0.29, 0.717) is 23.4 Å². The van der Waals surface area contributed by atoms with Gasteiger partial charge in [-0.15, -0.1) is 0 Å². The van der Waals surface area contributed by atoms with Crippen molar-refractivity contribution in [1.29, 1.82) is 0 Å². The van der Waals surface area contributed by atoms with Crippen molar-refractivity contribution in [3.63, 3.8) is 0 Å². The fourth-order valence-electron chi connectivity index (χ4n) is 5.95. The molecule has 1 saturated carbocycles. The molecule has 0 saturated heterocycles. The molecule has 0 radical (unpaired) electrons. The lowest BCUT2D eigenvalue weighted by Crippen LogP contribution is -2.44. The van der Waals surface area contributed by atoms with Crippen LogP contribution in [0.25, 0.3) is 0 Å². The van der Waals surface area contributed by atoms with Crippen LogP contribution in [0.5, 0.6) is 0 Å². The Kier molecular flexibility index (Phi) is 4.99. The van der Waals surface area contributed by atoms with Crippen molar-refractivity contribution in [2.24, 2.45) is 17.3 Å². The summed E-state index contributed by atoms with van der Waals surface area (Å²) in [6.45, 7) is 2.22. The number of rotatable bonds is 4. The van der Waals surface area contributed by atoms with Crippen LogP contribution in [0, 0.1) is 17.3 Å². The molecule has 0 aromatic heterocycles. The lowest BCUT2D eigenvalue weighted by Gasteiger charge is -2.50. The van der Waals surface area contributed by atoms with Gasteiger partial charge in [0.15, 0.2) is 0 Å². The summed E-state index contributed by atoms with van der Waals surface area (Å²) in [5, 5.41) is 1.31. The average Bonchev–Trinajstić information content (AvgIpc) is 3.02. The number of hydrogen-bond acceptors (Lipinski definition) is 4. The van der Waals surface area contributed by atoms with Crippen molar-refractivity contribution < 1.29 is 22.6 Å². The van der Waals surface area contributed by atoms with Gasteiger partial charge in [-0.3, -0.25) is 18.9 Å². The minimum Gasteiger partial charge on any atom is -0.274 e. The first-order chi connectivity index (χ1) is 13.6. The number of allylic oxidation sites excluding steroid dienone is 1. The van der Waals surface area contributed by atoms with E-state index < -0.39 is 10.3 Å². The molecule has 4 atom stereocenters. The fraction of sp³-hybridized carbons (Fsp3) is 0.571. The van der Waals surface area contributed by atoms with Crippen molar-refractivity contribution in [2.45, 2.75) is 44.9 Å². The van der Waals surface area contributed by atoms with Gasteiger partial charge in [-0.1, -0.05) is 19.1 Å². The second kappa shape index (κ2) is 7.11. The predicted molar refractivity (Wildman–Crippen MR) is 109 cm³/mol. The van der Waals surface area contributed by atoms with Gasteiger partial charge < -0.3 is 0 Å². The first kappa shape index (κ1) is 20.4. The summed E-state index contributed by atoms with van der Waals surface area (Å²) < 4.78 is 33.4. The molecule has 0 bridgehead atoms. The highest BCUT2D eigenvalue weighted by Gasteiger charge is 2.53. The van der Waals surface area contributed by atoms with E-state index in [9.17, 15) is 13.2 Å². The van der Waals surface area contributed by atoms with Gasteiger partial charge in [0.25, 0.3) is 5.91 Å². The molecule has 0 heterocycles. The van der Waals surface area contributed by atoms with Crippen molar-refractivity contribution in [3.8, 4) is 0 Å². The van der Waals surface area contributed by atoms with E-state index in [1.54, 1.807) is 13.1 Å². The Morgan fingerprint density at radius 1 is 1.34 bits per heavy atom. The number of amides is 1. The Morgan fingerprint density at radius 3 is 2.79 bits per heavy atom. The number of nitrogens with one attached hydrogen (secondary N) is 1. The summed E-state index contributed by atoms with van der Waals surface area (Å²) in [4.78, 5) is 17.9. The van der Waals surface area contributed by atoms with Crippen molar-refractivity contribution in [3.05, 3.63) is 41.0 Å². The molecule has 3 aliphatic rings. The number of hydrogen-bond donors (Lipinski definition) is 2. The molecule has 2 N–H and O–H groups in total. The van der Waals surface area contributed by atoms with Crippen LogP contribution in [0.3, 0.4) is 0 Å². The highest BCUT2D eigenvalue weighted by atomic mass is 32.2. The lowest BCUT2D eigenvalue weighted by molar-refractivity contribution is -0.165. The van der Waals surface area contributed by atoms with Crippen LogP contribution in [0.2, 0.25) is 0 Å². The molecule has 4 rings (SSSR count). The number of aryl methyl sites for hydroxylation is 1. The van der Waals surface area contributed by atoms with E-state index in [1.165, 1.54) is 17.7 Å². The van der Waals surface area contributed by atoms with Gasteiger partial charge in [0.2, 0.25) is 0 Å². The van der Waals surface area contributed by atoms with Gasteiger partial charge in [0.1, 0.15) is 0 Å². The van der Waals surface area contributed by atoms with Crippen LogP contribution in [0.4, 0.5) is 5.69 Å². The van der Waals surface area contributed by atoms with E-state index in [4.69, 9.17) is 9.39 Å². The van der Waals surface area contributed by atoms with Gasteiger partial charge in [0.05, 0.1) is 12.8 Å². The monoisotopic (exact) mass is 420 g/mol. The first-order valence-electron chi connectivity index (χ1n) is 10.0. The number of carbonyl (C=O) groups excluding carboxylic acids is 1. The zero-order chi connectivity index (χ0) is 21.0. The van der Waals surface area contributed by atoms with Gasteiger partial charge in [-0.25, -0.2) is 5.06 Å². The Balaban J connectivity index is 1.59. The highest BCUT2D eigenvalue weighted by molar-refractivity contribution is 7.87. The molecule has 0 unspecified atom stereocenters. The second-order valence-corrected chi connectivity index (χ2v) is 9.86. The van der Waals surface area contributed by atoms with Crippen molar-refractivity contribution in [2.75, 3.05) is 18.9 Å². The van der Waals surface area contributed by atoms with Gasteiger partial charge in [-0.2, -0.15) is 8.42 Å². The molecular formula is C21H28N2O5S. The first-order valence-corrected chi connectivity index (χ1v) is 11.5. The third kappa shape index (κ3) is 3.47. The number of nitrogens with zero attached hydrogens (tertiary/aromatic N) is 1. The average molecular weight is 421 g/mol. The maximum Gasteiger partial charge on any atom is 0.357 e. The van der Waals surface area contributed by atoms with Gasteiger partial charge in [-0.05, 0) is 73.1 Å². The summed E-state index contributed by atoms with van der Waals surface area (Å²) in [5.74, 6) is 1.29. The Hall–Kier alpha value is -1.90. The topological polar surface area (TPSA) is 95.9 Å². The molecule has 1 aromatic carbocycles. The normalized spacial score (nSPS) is 30.6. The third-order valence-electron chi connectivity index (χ3n) is 7.34. The SMILES string of the molecule is CON(C)C(=O)C1=CC[C@H]2[C@@H]3CCc4cc(NS(=O)(=O)O)ccc4[C@H]3CC[C@]12C. The Labute approximate surface area is 172 Å². The quantitative estimate of drug-likeness (QED) is 0.575. The fourth-order valence-corrected chi connectivity index (χ4v) is 6.37. The van der Waals surface area contributed by atoms with E-state index >= 15 is 0 Å². The minimum absolute atomic E-state index is 0.0481. The van der Waals surface area contributed by atoms with E-state index in [-0.39, 0.29) is 11.3 Å². The molecule has 158 valence electrons. The summed E-state index contributed by atoms with van der Waals surface area (Å²) in [7, 11) is -1.11. The molecule has 3 aliphatic carbocycles. The van der Waals surface area contributed by atoms with Gasteiger partial charge >= 0.3 is 10.3 Å². The summed E-state index contributed by atoms with van der Waals surface area (Å²) in [6, 6.07) is 5.55. The maximum absolute atomic E-state index is 12.8. The minimum atomic E-state index is -4.27. The zero-order valence-electron chi connectivity index (χ0n) is 17.0. The van der Waals surface area contributed by atoms with Crippen molar-refractivity contribution >= 4 is 21.9 Å². The molecule has 0 aliphatic heterocycles. The summed E-state index contributed by atoms with van der Waals surface area (Å²) in [5.41, 5.74) is 3.56. The number of hydroxylamine groups is 2. The van der Waals surface area contributed by atoms with E-state index in [1.807, 2.05) is 12.1 Å². The van der Waals surface area contributed by atoms with Crippen molar-refractivity contribution in [1.82, 2.24) is 5.06 Å². The lowest BCUT2D eigenvalue weighted by atomic mass is 9.54. The summed E-state index contributed by atoms with van der Waals surface area (Å²) >= 11 is 0. The second-order valence-electron chi connectivity index (χ2n) is 8.70. The standard InChI is InChI=1S/C21H28N2O5S/c1-21-11-10-16-15-7-5-14(22-29(25,26)27)12-13(15)4-6-17(16)18(21)8-9-19(21)20(24)23(2)28-3/h5,7,9,12,16-18,22H,4,6,8,10-11H2,1-3H3,(H,25,26,27)/t16-,17-,18+,21+/m1/s1. The highest BCUT2D eigenvalue weighted by Crippen LogP contribution is 2.61. The zero-order valence-corrected chi connectivity index (χ0v) is 17.8. The molecule has 8 heteroatoms. The van der Waals surface area contributed by atoms with Crippen LogP contribution in [-0.2, 0) is 26.4 Å². The smallest absolute Gasteiger partial charge is 0.274 e. The molecule has 29 heavy (non-hydrogen) atoms. The molecule has 0 spiro atoms. The molecule has 1 amide bonds. The number of likely N-dealkylation sites (N-methyl/N-ethyl adjacent to an activating group) is 1. The molecule has 7 nitrogen and oxygen atoms in total. The van der Waals surface area contributed by atoms with Crippen LogP contribution < -0.4 is 4.72 Å². The van der Waals surface area contributed by atoms with Gasteiger partial charge in [0, 0.05) is 18.0 Å². The van der Waals surface area contributed by atoms with E-state index in [2.05, 4.69) is 17.7 Å². The summed E-state index contributed by atoms with van der Waals surface area (Å²) in [6.07, 6.45) is 6.84. The number of anilines is 1. The van der Waals surface area contributed by atoms with Crippen LogP contribution in [0.1, 0.15) is 49.7 Å². The molecule has 1 fully saturated rings. The number of carbonyl (C=O) groups is 1. The van der Waals surface area contributed by atoms with E-state index in [0.717, 1.165) is 43.2 Å². The van der Waals surface area contributed by atoms with Crippen LogP contribution in [0.15, 0.2) is 29.8 Å². The Bertz CT molecular complexity index is 973.